The molecule has 3 amide bonds. The van der Waals surface area contributed by atoms with Crippen LogP contribution in [0.1, 0.15) is 38.5 Å². The molecule has 0 aromatic heterocycles. The van der Waals surface area contributed by atoms with E-state index in [1.165, 1.54) is 12.8 Å². The van der Waals surface area contributed by atoms with Gasteiger partial charge in [-0.05, 0) is 45.1 Å². The molecule has 0 aromatic carbocycles. The summed E-state index contributed by atoms with van der Waals surface area (Å²) < 4.78 is 0. The van der Waals surface area contributed by atoms with Crippen LogP contribution in [-0.4, -0.2) is 95.2 Å². The molecule has 7 nitrogen and oxygen atoms in total. The van der Waals surface area contributed by atoms with Gasteiger partial charge in [0.25, 0.3) is 0 Å². The number of hydrogen-bond acceptors (Lipinski definition) is 4. The smallest absolute Gasteiger partial charge is 0.312 e. The van der Waals surface area contributed by atoms with Gasteiger partial charge in [-0.2, -0.15) is 0 Å². The lowest BCUT2D eigenvalue weighted by Crippen LogP contribution is -2.56. The van der Waals surface area contributed by atoms with Gasteiger partial charge in [0, 0.05) is 45.3 Å². The van der Waals surface area contributed by atoms with Gasteiger partial charge < -0.3 is 14.7 Å². The van der Waals surface area contributed by atoms with Crippen LogP contribution in [0.15, 0.2) is 0 Å². The SMILES string of the molecule is O=C(C(=O)N1CCN(C(=O)[C@@H]2CCCN2C2CC2)CC1)N1CCCC1. The quantitative estimate of drug-likeness (QED) is 0.654. The van der Waals surface area contributed by atoms with Crippen LogP contribution in [0, 0.1) is 0 Å². The van der Waals surface area contributed by atoms with Crippen LogP contribution in [0.5, 0.6) is 0 Å². The molecule has 1 atom stereocenters. The second kappa shape index (κ2) is 6.94. The van der Waals surface area contributed by atoms with Crippen molar-refractivity contribution < 1.29 is 14.4 Å². The first-order chi connectivity index (χ1) is 12.1. The van der Waals surface area contributed by atoms with Crippen molar-refractivity contribution in [2.45, 2.75) is 50.6 Å². The predicted octanol–water partition coefficient (Wildman–Crippen LogP) is -0.0936. The van der Waals surface area contributed by atoms with Gasteiger partial charge in [0.2, 0.25) is 5.91 Å². The zero-order valence-electron chi connectivity index (χ0n) is 14.9. The third kappa shape index (κ3) is 3.38. The fourth-order valence-corrected chi connectivity index (χ4v) is 4.43. The molecule has 138 valence electrons. The van der Waals surface area contributed by atoms with Crippen molar-refractivity contribution in [3.05, 3.63) is 0 Å². The molecule has 0 bridgehead atoms. The largest absolute Gasteiger partial charge is 0.338 e. The summed E-state index contributed by atoms with van der Waals surface area (Å²) >= 11 is 0. The summed E-state index contributed by atoms with van der Waals surface area (Å²) in [7, 11) is 0. The third-order valence-corrected chi connectivity index (χ3v) is 6.05. The molecular weight excluding hydrogens is 320 g/mol. The molecule has 3 aliphatic heterocycles. The molecule has 0 unspecified atom stereocenters. The first kappa shape index (κ1) is 16.8. The van der Waals surface area contributed by atoms with Gasteiger partial charge in [-0.25, -0.2) is 0 Å². The number of amides is 3. The van der Waals surface area contributed by atoms with Crippen LogP contribution in [0.3, 0.4) is 0 Å². The van der Waals surface area contributed by atoms with Crippen LogP contribution in [-0.2, 0) is 14.4 Å². The van der Waals surface area contributed by atoms with Gasteiger partial charge in [0.15, 0.2) is 0 Å². The molecule has 3 saturated heterocycles. The molecular formula is C18H28N4O3. The molecule has 4 aliphatic rings. The Morgan fingerprint density at radius 3 is 1.76 bits per heavy atom. The van der Waals surface area contributed by atoms with E-state index in [0.29, 0.717) is 45.3 Å². The lowest BCUT2D eigenvalue weighted by molar-refractivity contribution is -0.153. The lowest BCUT2D eigenvalue weighted by atomic mass is 10.1. The summed E-state index contributed by atoms with van der Waals surface area (Å²) in [5.74, 6) is -0.537. The zero-order chi connectivity index (χ0) is 17.4. The van der Waals surface area contributed by atoms with Crippen molar-refractivity contribution in [1.29, 1.82) is 0 Å². The van der Waals surface area contributed by atoms with Gasteiger partial charge in [-0.15, -0.1) is 0 Å². The molecule has 0 spiro atoms. The minimum Gasteiger partial charge on any atom is -0.338 e. The van der Waals surface area contributed by atoms with Gasteiger partial charge in [0.05, 0.1) is 6.04 Å². The van der Waals surface area contributed by atoms with E-state index in [0.717, 1.165) is 32.2 Å². The summed E-state index contributed by atoms with van der Waals surface area (Å²) in [6.45, 7) is 4.48. The Morgan fingerprint density at radius 2 is 1.16 bits per heavy atom. The number of carbonyl (C=O) groups is 3. The summed E-state index contributed by atoms with van der Waals surface area (Å²) in [6, 6.07) is 0.665. The van der Waals surface area contributed by atoms with Gasteiger partial charge in [-0.3, -0.25) is 19.3 Å². The predicted molar refractivity (Wildman–Crippen MR) is 91.7 cm³/mol. The molecule has 25 heavy (non-hydrogen) atoms. The Kier molecular flexibility index (Phi) is 4.67. The highest BCUT2D eigenvalue weighted by atomic mass is 16.2. The van der Waals surface area contributed by atoms with E-state index in [2.05, 4.69) is 4.90 Å². The standard InChI is InChI=1S/C18H28N4O3/c23-16(15-4-3-9-22(15)14-5-6-14)20-10-12-21(13-11-20)18(25)17(24)19-7-1-2-8-19/h14-15H,1-13H2/t15-/m0/s1. The number of piperazine rings is 1. The highest BCUT2D eigenvalue weighted by Gasteiger charge is 2.42. The van der Waals surface area contributed by atoms with Crippen LogP contribution in [0.4, 0.5) is 0 Å². The Bertz CT molecular complexity index is 549. The first-order valence-electron chi connectivity index (χ1n) is 9.78. The van der Waals surface area contributed by atoms with E-state index in [4.69, 9.17) is 0 Å². The molecule has 1 aliphatic carbocycles. The molecule has 0 aromatic rings. The monoisotopic (exact) mass is 348 g/mol. The van der Waals surface area contributed by atoms with E-state index in [1.807, 2.05) is 4.90 Å². The van der Waals surface area contributed by atoms with E-state index < -0.39 is 5.91 Å². The molecule has 4 rings (SSSR count). The Morgan fingerprint density at radius 1 is 0.600 bits per heavy atom. The van der Waals surface area contributed by atoms with Crippen LogP contribution < -0.4 is 0 Å². The number of carbonyl (C=O) groups excluding carboxylic acids is 3. The van der Waals surface area contributed by atoms with Crippen molar-refractivity contribution >= 4 is 17.7 Å². The van der Waals surface area contributed by atoms with E-state index in [-0.39, 0.29) is 17.9 Å². The van der Waals surface area contributed by atoms with Crippen molar-refractivity contribution in [2.24, 2.45) is 0 Å². The van der Waals surface area contributed by atoms with Crippen molar-refractivity contribution in [1.82, 2.24) is 19.6 Å². The molecule has 7 heteroatoms. The zero-order valence-corrected chi connectivity index (χ0v) is 14.9. The topological polar surface area (TPSA) is 64.2 Å². The first-order valence-corrected chi connectivity index (χ1v) is 9.78. The maximum atomic E-state index is 12.9. The average molecular weight is 348 g/mol. The van der Waals surface area contributed by atoms with Gasteiger partial charge in [-0.1, -0.05) is 0 Å². The highest BCUT2D eigenvalue weighted by molar-refractivity contribution is 6.35. The highest BCUT2D eigenvalue weighted by Crippen LogP contribution is 2.34. The summed E-state index contributed by atoms with van der Waals surface area (Å²) in [4.78, 5) is 45.1. The summed E-state index contributed by atoms with van der Waals surface area (Å²) in [6.07, 6.45) is 6.49. The molecule has 4 fully saturated rings. The van der Waals surface area contributed by atoms with E-state index >= 15 is 0 Å². The average Bonchev–Trinajstić information content (AvgIpc) is 3.14. The van der Waals surface area contributed by atoms with Gasteiger partial charge in [0.1, 0.15) is 0 Å². The molecule has 3 heterocycles. The van der Waals surface area contributed by atoms with E-state index in [9.17, 15) is 14.4 Å². The Hall–Kier alpha value is -1.63. The fourth-order valence-electron chi connectivity index (χ4n) is 4.43. The van der Waals surface area contributed by atoms with Crippen molar-refractivity contribution in [3.63, 3.8) is 0 Å². The maximum Gasteiger partial charge on any atom is 0.312 e. The second-order valence-electron chi connectivity index (χ2n) is 7.74. The number of nitrogens with zero attached hydrogens (tertiary/aromatic N) is 4. The van der Waals surface area contributed by atoms with Crippen LogP contribution >= 0.6 is 0 Å². The second-order valence-corrected chi connectivity index (χ2v) is 7.74. The minimum absolute atomic E-state index is 0.0426. The Balaban J connectivity index is 1.29. The molecule has 0 N–H and O–H groups in total. The third-order valence-electron chi connectivity index (χ3n) is 6.05. The summed E-state index contributed by atoms with van der Waals surface area (Å²) in [5.41, 5.74) is 0. The Labute approximate surface area is 148 Å². The minimum atomic E-state index is -0.394. The maximum absolute atomic E-state index is 12.9. The number of likely N-dealkylation sites (tertiary alicyclic amines) is 2. The lowest BCUT2D eigenvalue weighted by Gasteiger charge is -2.37. The van der Waals surface area contributed by atoms with Crippen LogP contribution in [0.2, 0.25) is 0 Å². The molecule has 1 saturated carbocycles. The van der Waals surface area contributed by atoms with Crippen LogP contribution in [0.25, 0.3) is 0 Å². The fraction of sp³-hybridized carbons (Fsp3) is 0.833. The van der Waals surface area contributed by atoms with Crippen molar-refractivity contribution in [3.8, 4) is 0 Å². The number of hydrogen-bond donors (Lipinski definition) is 0. The summed E-state index contributed by atoms with van der Waals surface area (Å²) in [5, 5.41) is 0. The van der Waals surface area contributed by atoms with Crippen molar-refractivity contribution in [2.75, 3.05) is 45.8 Å². The molecule has 0 radical (unpaired) electrons. The van der Waals surface area contributed by atoms with Gasteiger partial charge >= 0.3 is 11.8 Å². The van der Waals surface area contributed by atoms with E-state index in [1.54, 1.807) is 9.80 Å². The normalized spacial score (nSPS) is 27.8. The number of rotatable bonds is 2.